The van der Waals surface area contributed by atoms with Gasteiger partial charge in [-0.1, -0.05) is 31.2 Å². The summed E-state index contributed by atoms with van der Waals surface area (Å²) in [4.78, 5) is 25.8. The average Bonchev–Trinajstić information content (AvgIpc) is 3.49. The van der Waals surface area contributed by atoms with Crippen LogP contribution >= 0.6 is 0 Å². The number of carbonyl (C=O) groups is 2. The lowest BCUT2D eigenvalue weighted by Crippen LogP contribution is -2.70. The lowest BCUT2D eigenvalue weighted by Gasteiger charge is -2.63. The minimum absolute atomic E-state index is 0.0342. The van der Waals surface area contributed by atoms with Crippen molar-refractivity contribution < 1.29 is 38.1 Å². The molecule has 5 aliphatic rings. The summed E-state index contributed by atoms with van der Waals surface area (Å²) in [6.07, 6.45) is -1.49. The number of hydrogen-bond acceptors (Lipinski definition) is 8. The Morgan fingerprint density at radius 1 is 1.11 bits per heavy atom. The zero-order valence-corrected chi connectivity index (χ0v) is 24.5. The van der Waals surface area contributed by atoms with Gasteiger partial charge in [-0.15, -0.1) is 0 Å². The van der Waals surface area contributed by atoms with Crippen LogP contribution in [0.4, 0.5) is 25.8 Å². The molecule has 44 heavy (non-hydrogen) atoms. The Hall–Kier alpha value is -3.44. The fourth-order valence-electron chi connectivity index (χ4n) is 9.22. The van der Waals surface area contributed by atoms with E-state index in [0.717, 1.165) is 17.5 Å². The number of nitrogens with two attached hydrogens (primary N) is 1. The molecule has 2 aromatic carbocycles. The Morgan fingerprint density at radius 3 is 2.57 bits per heavy atom. The van der Waals surface area contributed by atoms with Gasteiger partial charge in [0.2, 0.25) is 0 Å². The van der Waals surface area contributed by atoms with Gasteiger partial charge in [0.05, 0.1) is 12.2 Å². The second-order valence-corrected chi connectivity index (χ2v) is 13.4. The first kappa shape index (κ1) is 29.3. The van der Waals surface area contributed by atoms with Gasteiger partial charge in [0.15, 0.2) is 29.1 Å². The molecule has 5 N–H and O–H groups in total. The minimum Gasteiger partial charge on any atom is -0.399 e. The number of nitrogen functional groups attached to an aromatic ring is 1. The van der Waals surface area contributed by atoms with Crippen LogP contribution in [0.2, 0.25) is 0 Å². The molecule has 10 heteroatoms. The Kier molecular flexibility index (Phi) is 6.51. The predicted octanol–water partition coefficient (Wildman–Crippen LogP) is 4.66. The van der Waals surface area contributed by atoms with Gasteiger partial charge in [-0.25, -0.2) is 8.78 Å². The molecule has 232 valence electrons. The monoisotopic (exact) mass is 606 g/mol. The van der Waals surface area contributed by atoms with Gasteiger partial charge in [-0.2, -0.15) is 0 Å². The van der Waals surface area contributed by atoms with E-state index in [1.807, 2.05) is 30.3 Å². The summed E-state index contributed by atoms with van der Waals surface area (Å²) in [5.74, 6) is -2.63. The average molecular weight is 607 g/mol. The van der Waals surface area contributed by atoms with Crippen molar-refractivity contribution in [1.82, 2.24) is 0 Å². The number of allylic oxidation sites excluding steroid dienone is 4. The first-order chi connectivity index (χ1) is 20.9. The molecule has 2 aromatic rings. The van der Waals surface area contributed by atoms with E-state index in [9.17, 15) is 19.8 Å². The van der Waals surface area contributed by atoms with E-state index < -0.39 is 76.8 Å². The van der Waals surface area contributed by atoms with Crippen molar-refractivity contribution in [3.05, 3.63) is 77.9 Å². The highest BCUT2D eigenvalue weighted by molar-refractivity contribution is 6.01. The highest BCUT2D eigenvalue weighted by Crippen LogP contribution is 2.72. The van der Waals surface area contributed by atoms with E-state index in [2.05, 4.69) is 5.32 Å². The van der Waals surface area contributed by atoms with Gasteiger partial charge >= 0.3 is 0 Å². The first-order valence-electron chi connectivity index (χ1n) is 15.0. The molecule has 3 saturated carbocycles. The maximum absolute atomic E-state index is 17.5. The zero-order valence-electron chi connectivity index (χ0n) is 24.5. The number of aliphatic hydroxyl groups excluding tert-OH is 2. The van der Waals surface area contributed by atoms with Gasteiger partial charge in [-0.3, -0.25) is 9.59 Å². The molecule has 0 spiro atoms. The molecule has 8 nitrogen and oxygen atoms in total. The molecule has 0 amide bonds. The number of rotatable bonds is 5. The number of nitrogens with one attached hydrogen (secondary N) is 1. The number of alkyl halides is 2. The van der Waals surface area contributed by atoms with Gasteiger partial charge in [-0.05, 0) is 80.2 Å². The highest BCUT2D eigenvalue weighted by atomic mass is 19.1. The standard InChI is InChI=1S/C34H36F2N2O6/c1-31-11-10-22(40)13-25(31)26(35)14-24-23-15-29-34(28(42)17-39,32(23,2)16-27(41)33(24,31)36)44-30(43-29)18-6-8-20(9-7-18)38-21-5-3-4-19(37)12-21/h3-13,23-24,26-27,29-30,38-39,41H,14-17,37H2,1-2H3/t23-,24-,26-,27-,29+,30-,31-,32-,33-,34+/m0/s1. The molecule has 4 fully saturated rings. The third kappa shape index (κ3) is 3.74. The molecule has 0 radical (unpaired) electrons. The molecule has 0 aromatic heterocycles. The highest BCUT2D eigenvalue weighted by Gasteiger charge is 2.80. The molecular formula is C34H36F2N2O6. The number of ether oxygens (including phenoxy) is 2. The van der Waals surface area contributed by atoms with Gasteiger partial charge < -0.3 is 30.7 Å². The summed E-state index contributed by atoms with van der Waals surface area (Å²) in [5.41, 5.74) is 2.09. The number of halogens is 2. The number of ketones is 2. The Morgan fingerprint density at radius 2 is 1.86 bits per heavy atom. The van der Waals surface area contributed by atoms with Crippen molar-refractivity contribution in [2.24, 2.45) is 22.7 Å². The molecule has 0 unspecified atom stereocenters. The van der Waals surface area contributed by atoms with Gasteiger partial charge in [0, 0.05) is 39.4 Å². The van der Waals surface area contributed by atoms with Crippen molar-refractivity contribution in [1.29, 1.82) is 0 Å². The van der Waals surface area contributed by atoms with Crippen LogP contribution in [0.5, 0.6) is 0 Å². The number of benzene rings is 2. The maximum atomic E-state index is 17.5. The summed E-state index contributed by atoms with van der Waals surface area (Å²) in [5, 5.41) is 25.1. The Bertz CT molecular complexity index is 1600. The smallest absolute Gasteiger partial charge is 0.193 e. The van der Waals surface area contributed by atoms with E-state index >= 15 is 8.78 Å². The summed E-state index contributed by atoms with van der Waals surface area (Å²) in [7, 11) is 0. The molecule has 1 heterocycles. The van der Waals surface area contributed by atoms with Gasteiger partial charge in [0.1, 0.15) is 12.8 Å². The summed E-state index contributed by atoms with van der Waals surface area (Å²) in [6, 6.07) is 14.6. The SMILES string of the molecule is C[C@]12C=CC(=O)C=C1[C@@H](F)C[C@H]1[C@@H]3C[C@H]4O[C@H](c5ccc(Nc6cccc(N)c6)cc5)O[C@@]4(C(=O)CO)[C@@]3(C)C[C@H](O)[C@@]12F. The number of aliphatic hydroxyl groups is 2. The molecule has 1 aliphatic heterocycles. The summed E-state index contributed by atoms with van der Waals surface area (Å²) < 4.78 is 46.2. The van der Waals surface area contributed by atoms with E-state index in [1.54, 1.807) is 25.1 Å². The third-order valence-corrected chi connectivity index (χ3v) is 11.3. The Balaban J connectivity index is 1.21. The number of Topliss-reactive ketones (excluding diaryl/α,β-unsaturated/α-hetero) is 1. The van der Waals surface area contributed by atoms with Crippen LogP contribution in [0.25, 0.3) is 0 Å². The van der Waals surface area contributed by atoms with E-state index in [-0.39, 0.29) is 24.8 Å². The second-order valence-electron chi connectivity index (χ2n) is 13.4. The van der Waals surface area contributed by atoms with E-state index in [0.29, 0.717) is 11.3 Å². The Labute approximate surface area is 253 Å². The number of hydrogen-bond donors (Lipinski definition) is 4. The number of fused-ring (bicyclic) bond motifs is 7. The third-order valence-electron chi connectivity index (χ3n) is 11.3. The number of anilines is 3. The van der Waals surface area contributed by atoms with Crippen LogP contribution in [-0.4, -0.2) is 58.0 Å². The topological polar surface area (TPSA) is 131 Å². The fraction of sp³-hybridized carbons (Fsp3) is 0.471. The number of carbonyl (C=O) groups excluding carboxylic acids is 2. The van der Waals surface area contributed by atoms with Crippen LogP contribution in [0.3, 0.4) is 0 Å². The van der Waals surface area contributed by atoms with Crippen LogP contribution in [-0.2, 0) is 19.1 Å². The van der Waals surface area contributed by atoms with E-state index in [4.69, 9.17) is 15.2 Å². The van der Waals surface area contributed by atoms with Crippen molar-refractivity contribution in [3.8, 4) is 0 Å². The second kappa shape index (κ2) is 9.78. The molecular weight excluding hydrogens is 570 g/mol. The van der Waals surface area contributed by atoms with Crippen LogP contribution in [0.1, 0.15) is 45.0 Å². The molecule has 0 bridgehead atoms. The van der Waals surface area contributed by atoms with Crippen molar-refractivity contribution in [2.45, 2.75) is 69.0 Å². The normalized spacial score (nSPS) is 42.1. The maximum Gasteiger partial charge on any atom is 0.193 e. The van der Waals surface area contributed by atoms with Crippen LogP contribution in [0, 0.1) is 22.7 Å². The predicted molar refractivity (Wildman–Crippen MR) is 158 cm³/mol. The van der Waals surface area contributed by atoms with Crippen molar-refractivity contribution in [2.75, 3.05) is 17.7 Å². The lowest BCUT2D eigenvalue weighted by molar-refractivity contribution is -0.235. The largest absolute Gasteiger partial charge is 0.399 e. The summed E-state index contributed by atoms with van der Waals surface area (Å²) >= 11 is 0. The summed E-state index contributed by atoms with van der Waals surface area (Å²) in [6.45, 7) is 2.46. The molecule has 10 atom stereocenters. The van der Waals surface area contributed by atoms with Gasteiger partial charge in [0.25, 0.3) is 0 Å². The molecule has 1 saturated heterocycles. The lowest BCUT2D eigenvalue weighted by atomic mass is 9.44. The quantitative estimate of drug-likeness (QED) is 0.362. The fourth-order valence-corrected chi connectivity index (χ4v) is 9.22. The minimum atomic E-state index is -2.30. The van der Waals surface area contributed by atoms with Crippen molar-refractivity contribution >= 4 is 28.6 Å². The first-order valence-corrected chi connectivity index (χ1v) is 15.0. The molecule has 4 aliphatic carbocycles. The van der Waals surface area contributed by atoms with Crippen LogP contribution < -0.4 is 11.1 Å². The zero-order chi connectivity index (χ0) is 31.2. The van der Waals surface area contributed by atoms with Crippen molar-refractivity contribution in [3.63, 3.8) is 0 Å². The van der Waals surface area contributed by atoms with Crippen LogP contribution in [0.15, 0.2) is 72.3 Å². The van der Waals surface area contributed by atoms with E-state index in [1.165, 1.54) is 19.1 Å². The molecule has 7 rings (SSSR count).